The summed E-state index contributed by atoms with van der Waals surface area (Å²) in [5.41, 5.74) is 0.608. The minimum atomic E-state index is -0.885. The molecule has 6 nitrogen and oxygen atoms in total. The number of esters is 1. The minimum absolute atomic E-state index is 0.172. The van der Waals surface area contributed by atoms with Crippen molar-refractivity contribution in [2.75, 3.05) is 13.4 Å². The number of halogens is 1. The maximum absolute atomic E-state index is 13.5. The largest absolute Gasteiger partial charge is 0.454 e. The molecule has 1 heterocycles. The van der Waals surface area contributed by atoms with Gasteiger partial charge in [0.05, 0.1) is 11.6 Å². The van der Waals surface area contributed by atoms with E-state index in [0.717, 1.165) is 11.6 Å². The lowest BCUT2D eigenvalue weighted by atomic mass is 10.1. The van der Waals surface area contributed by atoms with Gasteiger partial charge in [-0.15, -0.1) is 0 Å². The van der Waals surface area contributed by atoms with Crippen molar-refractivity contribution in [3.8, 4) is 11.5 Å². The normalized spacial score (nSPS) is 13.2. The summed E-state index contributed by atoms with van der Waals surface area (Å²) in [6, 6.07) is 10.5. The first-order valence-corrected chi connectivity index (χ1v) is 7.65. The second-order valence-electron chi connectivity index (χ2n) is 5.46. The number of carbonyl (C=O) groups excluding carboxylic acids is 2. The molecule has 0 saturated carbocycles. The van der Waals surface area contributed by atoms with Crippen LogP contribution in [0, 0.1) is 5.82 Å². The van der Waals surface area contributed by atoms with Crippen LogP contribution in [0.5, 0.6) is 11.5 Å². The Balaban J connectivity index is 1.54. The SMILES string of the molecule is C[C@@H](NC(=O)COC(=O)c1ccccc1F)c1ccc2c(c1)OCO2. The van der Waals surface area contributed by atoms with Gasteiger partial charge in [-0.1, -0.05) is 18.2 Å². The zero-order valence-corrected chi connectivity index (χ0v) is 13.5. The number of carbonyl (C=O) groups is 2. The Morgan fingerprint density at radius 3 is 2.76 bits per heavy atom. The Hall–Kier alpha value is -3.09. The molecule has 2 aromatic rings. The predicted octanol–water partition coefficient (Wildman–Crippen LogP) is 2.59. The number of hydrogen-bond donors (Lipinski definition) is 1. The van der Waals surface area contributed by atoms with Gasteiger partial charge in [0.1, 0.15) is 5.82 Å². The van der Waals surface area contributed by atoms with Gasteiger partial charge in [0, 0.05) is 0 Å². The van der Waals surface area contributed by atoms with Crippen LogP contribution in [0.15, 0.2) is 42.5 Å². The number of rotatable bonds is 5. The molecule has 7 heteroatoms. The second kappa shape index (κ2) is 7.21. The fourth-order valence-electron chi connectivity index (χ4n) is 2.38. The van der Waals surface area contributed by atoms with E-state index in [0.29, 0.717) is 11.5 Å². The number of benzene rings is 2. The van der Waals surface area contributed by atoms with Crippen LogP contribution in [0.1, 0.15) is 28.9 Å². The van der Waals surface area contributed by atoms with Crippen molar-refractivity contribution in [2.45, 2.75) is 13.0 Å². The zero-order chi connectivity index (χ0) is 17.8. The summed E-state index contributed by atoms with van der Waals surface area (Å²) < 4.78 is 28.9. The molecule has 130 valence electrons. The first-order chi connectivity index (χ1) is 12.0. The first-order valence-electron chi connectivity index (χ1n) is 7.65. The lowest BCUT2D eigenvalue weighted by Gasteiger charge is -2.15. The molecule has 0 fully saturated rings. The van der Waals surface area contributed by atoms with Crippen molar-refractivity contribution in [1.29, 1.82) is 0 Å². The van der Waals surface area contributed by atoms with Gasteiger partial charge in [0.15, 0.2) is 18.1 Å². The molecule has 3 rings (SSSR count). The maximum atomic E-state index is 13.5. The van der Waals surface area contributed by atoms with Crippen LogP contribution in [0.2, 0.25) is 0 Å². The van der Waals surface area contributed by atoms with Gasteiger partial charge in [-0.2, -0.15) is 0 Å². The Kier molecular flexibility index (Phi) is 4.83. The fraction of sp³-hybridized carbons (Fsp3) is 0.222. The average Bonchev–Trinajstić information content (AvgIpc) is 3.07. The standard InChI is InChI=1S/C18H16FNO5/c1-11(12-6-7-15-16(8-12)25-10-24-15)20-17(21)9-23-18(22)13-4-2-3-5-14(13)19/h2-8,11H,9-10H2,1H3,(H,20,21)/t11-/m1/s1. The van der Waals surface area contributed by atoms with Crippen molar-refractivity contribution >= 4 is 11.9 Å². The van der Waals surface area contributed by atoms with Crippen LogP contribution >= 0.6 is 0 Å². The van der Waals surface area contributed by atoms with Crippen LogP contribution < -0.4 is 14.8 Å². The summed E-state index contributed by atoms with van der Waals surface area (Å²) in [5, 5.41) is 2.70. The average molecular weight is 345 g/mol. The lowest BCUT2D eigenvalue weighted by Crippen LogP contribution is -2.31. The van der Waals surface area contributed by atoms with E-state index in [1.54, 1.807) is 19.1 Å². The summed E-state index contributed by atoms with van der Waals surface area (Å²) in [7, 11) is 0. The Labute approximate surface area is 143 Å². The molecule has 1 aliphatic rings. The zero-order valence-electron chi connectivity index (χ0n) is 13.5. The molecule has 0 saturated heterocycles. The van der Waals surface area contributed by atoms with Gasteiger partial charge in [-0.05, 0) is 36.8 Å². The topological polar surface area (TPSA) is 73.9 Å². The molecule has 1 atom stereocenters. The van der Waals surface area contributed by atoms with Crippen LogP contribution in [0.25, 0.3) is 0 Å². The monoisotopic (exact) mass is 345 g/mol. The number of ether oxygens (including phenoxy) is 3. The highest BCUT2D eigenvalue weighted by Gasteiger charge is 2.18. The molecule has 1 amide bonds. The maximum Gasteiger partial charge on any atom is 0.341 e. The van der Waals surface area contributed by atoms with Crippen LogP contribution in [-0.2, 0) is 9.53 Å². The van der Waals surface area contributed by atoms with Crippen LogP contribution in [-0.4, -0.2) is 25.3 Å². The lowest BCUT2D eigenvalue weighted by molar-refractivity contribution is -0.124. The fourth-order valence-corrected chi connectivity index (χ4v) is 2.38. The molecule has 0 aromatic heterocycles. The van der Waals surface area contributed by atoms with E-state index >= 15 is 0 Å². The third kappa shape index (κ3) is 3.88. The molecule has 0 radical (unpaired) electrons. The van der Waals surface area contributed by atoms with Crippen molar-refractivity contribution in [3.05, 3.63) is 59.4 Å². The van der Waals surface area contributed by atoms with E-state index in [1.807, 2.05) is 6.07 Å². The highest BCUT2D eigenvalue weighted by molar-refractivity contribution is 5.91. The van der Waals surface area contributed by atoms with Gasteiger partial charge < -0.3 is 19.5 Å². The van der Waals surface area contributed by atoms with Crippen LogP contribution in [0.3, 0.4) is 0 Å². The second-order valence-corrected chi connectivity index (χ2v) is 5.46. The molecule has 1 aliphatic heterocycles. The van der Waals surface area contributed by atoms with Gasteiger partial charge in [0.25, 0.3) is 5.91 Å². The molecule has 1 N–H and O–H groups in total. The Morgan fingerprint density at radius 2 is 1.96 bits per heavy atom. The highest BCUT2D eigenvalue weighted by atomic mass is 19.1. The van der Waals surface area contributed by atoms with Gasteiger partial charge in [0.2, 0.25) is 6.79 Å². The molecule has 0 aliphatic carbocycles. The van der Waals surface area contributed by atoms with Crippen molar-refractivity contribution in [3.63, 3.8) is 0 Å². The first kappa shape index (κ1) is 16.8. The smallest absolute Gasteiger partial charge is 0.341 e. The van der Waals surface area contributed by atoms with Gasteiger partial charge >= 0.3 is 5.97 Å². The van der Waals surface area contributed by atoms with E-state index in [9.17, 15) is 14.0 Å². The number of amides is 1. The molecule has 0 spiro atoms. The summed E-state index contributed by atoms with van der Waals surface area (Å²) in [6.45, 7) is 1.46. The molecular weight excluding hydrogens is 329 g/mol. The Morgan fingerprint density at radius 1 is 1.20 bits per heavy atom. The number of hydrogen-bond acceptors (Lipinski definition) is 5. The third-order valence-corrected chi connectivity index (χ3v) is 3.70. The highest BCUT2D eigenvalue weighted by Crippen LogP contribution is 2.34. The van der Waals surface area contributed by atoms with Crippen LogP contribution in [0.4, 0.5) is 4.39 Å². The van der Waals surface area contributed by atoms with Crippen molar-refractivity contribution in [1.82, 2.24) is 5.32 Å². The molecule has 0 bridgehead atoms. The predicted molar refractivity (Wildman–Crippen MR) is 85.8 cm³/mol. The van der Waals surface area contributed by atoms with Crippen molar-refractivity contribution < 1.29 is 28.2 Å². The summed E-state index contributed by atoms with van der Waals surface area (Å²) in [4.78, 5) is 23.7. The quantitative estimate of drug-likeness (QED) is 0.843. The molecule has 0 unspecified atom stereocenters. The number of nitrogens with one attached hydrogen (secondary N) is 1. The van der Waals surface area contributed by atoms with Gasteiger partial charge in [-0.25, -0.2) is 9.18 Å². The summed E-state index contributed by atoms with van der Waals surface area (Å²) in [5.74, 6) is -0.800. The minimum Gasteiger partial charge on any atom is -0.454 e. The summed E-state index contributed by atoms with van der Waals surface area (Å²) >= 11 is 0. The van der Waals surface area contributed by atoms with Crippen molar-refractivity contribution in [2.24, 2.45) is 0 Å². The van der Waals surface area contributed by atoms with E-state index in [-0.39, 0.29) is 18.4 Å². The molecular formula is C18H16FNO5. The molecule has 25 heavy (non-hydrogen) atoms. The third-order valence-electron chi connectivity index (χ3n) is 3.70. The van der Waals surface area contributed by atoms with Gasteiger partial charge in [-0.3, -0.25) is 4.79 Å². The van der Waals surface area contributed by atoms with E-state index in [2.05, 4.69) is 5.32 Å². The van der Waals surface area contributed by atoms with E-state index in [1.165, 1.54) is 18.2 Å². The Bertz CT molecular complexity index is 808. The number of fused-ring (bicyclic) bond motifs is 1. The molecule has 2 aromatic carbocycles. The van der Waals surface area contributed by atoms with E-state index in [4.69, 9.17) is 14.2 Å². The van der Waals surface area contributed by atoms with E-state index < -0.39 is 24.3 Å². The summed E-state index contributed by atoms with van der Waals surface area (Å²) in [6.07, 6.45) is 0.